The number of nitrogens with one attached hydrogen (secondary N) is 3. The molecule has 1 aliphatic heterocycles. The van der Waals surface area contributed by atoms with E-state index in [1.165, 1.54) is 6.26 Å². The van der Waals surface area contributed by atoms with Gasteiger partial charge < -0.3 is 15.7 Å². The van der Waals surface area contributed by atoms with E-state index >= 15 is 0 Å². The Balaban J connectivity index is 1.39. The molecule has 0 aliphatic carbocycles. The second kappa shape index (κ2) is 9.40. The maximum Gasteiger partial charge on any atom is 0.227 e. The SMILES string of the molecule is CS(=O)(O)(NC1CCNCC1)c1ccc(Nc2ncc(/C=C/c3cccc(O)c3)cn2)cc1. The third-order valence-electron chi connectivity index (χ3n) is 5.46. The number of aromatic hydroxyl groups is 1. The third-order valence-corrected chi connectivity index (χ3v) is 7.73. The summed E-state index contributed by atoms with van der Waals surface area (Å²) in [7, 11) is -4.14. The molecule has 0 bridgehead atoms. The van der Waals surface area contributed by atoms with Crippen molar-refractivity contribution < 1.29 is 13.9 Å². The Morgan fingerprint density at radius 2 is 1.70 bits per heavy atom. The van der Waals surface area contributed by atoms with E-state index in [9.17, 15) is 13.9 Å². The van der Waals surface area contributed by atoms with E-state index in [0.717, 1.165) is 37.1 Å². The zero-order chi connectivity index (χ0) is 23.3. The second-order valence-corrected chi connectivity index (χ2v) is 11.6. The molecule has 0 unspecified atom stereocenters. The highest BCUT2D eigenvalue weighted by atomic mass is 32.3. The smallest absolute Gasteiger partial charge is 0.227 e. The molecule has 2 heterocycles. The number of phenols is 1. The van der Waals surface area contributed by atoms with Gasteiger partial charge >= 0.3 is 0 Å². The second-order valence-electron chi connectivity index (χ2n) is 8.34. The lowest BCUT2D eigenvalue weighted by Crippen LogP contribution is -2.53. The van der Waals surface area contributed by atoms with Crippen molar-refractivity contribution in [3.05, 3.63) is 72.1 Å². The fourth-order valence-corrected chi connectivity index (χ4v) is 5.63. The summed E-state index contributed by atoms with van der Waals surface area (Å²) in [6, 6.07) is 13.8. The number of hydrogen-bond acceptors (Lipinski definition) is 6. The van der Waals surface area contributed by atoms with E-state index in [-0.39, 0.29) is 11.8 Å². The van der Waals surface area contributed by atoms with Crippen LogP contribution in [0.2, 0.25) is 0 Å². The Hall–Kier alpha value is -3.11. The van der Waals surface area contributed by atoms with Gasteiger partial charge in [0.05, 0.1) is 4.90 Å². The van der Waals surface area contributed by atoms with Gasteiger partial charge in [-0.1, -0.05) is 24.3 Å². The maximum atomic E-state index is 13.3. The van der Waals surface area contributed by atoms with Gasteiger partial charge in [0.15, 0.2) is 0 Å². The Morgan fingerprint density at radius 1 is 1.03 bits per heavy atom. The minimum Gasteiger partial charge on any atom is -0.508 e. The minimum absolute atomic E-state index is 0.00657. The van der Waals surface area contributed by atoms with E-state index in [1.807, 2.05) is 18.2 Å². The zero-order valence-corrected chi connectivity index (χ0v) is 19.3. The van der Waals surface area contributed by atoms with Crippen molar-refractivity contribution in [2.75, 3.05) is 24.7 Å². The van der Waals surface area contributed by atoms with Crippen LogP contribution < -0.4 is 15.4 Å². The molecule has 1 aliphatic rings. The fourth-order valence-electron chi connectivity index (χ4n) is 3.70. The van der Waals surface area contributed by atoms with Crippen LogP contribution in [-0.2, 0) is 9.53 Å². The first kappa shape index (κ1) is 23.1. The number of hydrogen-bond donors (Lipinski definition) is 5. The largest absolute Gasteiger partial charge is 0.508 e. The van der Waals surface area contributed by atoms with E-state index in [1.54, 1.807) is 54.9 Å². The van der Waals surface area contributed by atoms with Gasteiger partial charge in [0, 0.05) is 35.9 Å². The lowest BCUT2D eigenvalue weighted by Gasteiger charge is -2.44. The molecule has 2 aromatic carbocycles. The number of rotatable bonds is 7. The highest BCUT2D eigenvalue weighted by molar-refractivity contribution is 8.12. The van der Waals surface area contributed by atoms with Crippen molar-refractivity contribution in [2.45, 2.75) is 23.8 Å². The zero-order valence-electron chi connectivity index (χ0n) is 18.4. The average molecular weight is 468 g/mol. The normalized spacial score (nSPS) is 16.4. The van der Waals surface area contributed by atoms with Crippen molar-refractivity contribution in [1.82, 2.24) is 20.0 Å². The Bertz CT molecular complexity index is 1180. The quantitative estimate of drug-likeness (QED) is 0.360. The molecule has 0 saturated carbocycles. The molecule has 8 nitrogen and oxygen atoms in total. The summed E-state index contributed by atoms with van der Waals surface area (Å²) < 4.78 is 27.2. The molecular formula is C24H29N5O3S. The van der Waals surface area contributed by atoms with Crippen LogP contribution in [0, 0.1) is 0 Å². The highest BCUT2D eigenvalue weighted by Crippen LogP contribution is 2.29. The molecule has 3 aromatic rings. The van der Waals surface area contributed by atoms with Crippen LogP contribution in [0.4, 0.5) is 11.6 Å². The standard InChI is InChI=1S/C24H29N5O3S/c1-33(31,32,29-21-11-13-25-14-12-21)23-9-7-20(8-10-23)28-24-26-16-19(17-27-24)6-5-18-3-2-4-22(30)15-18/h2-10,15-17,21,25,30H,11-14H2,1H3,(H,26,27,28)(H2,29,31,32)/b6-5+. The highest BCUT2D eigenvalue weighted by Gasteiger charge is 2.28. The molecule has 5 N–H and O–H groups in total. The van der Waals surface area contributed by atoms with Gasteiger partial charge in [0.1, 0.15) is 5.75 Å². The van der Waals surface area contributed by atoms with E-state index < -0.39 is 9.53 Å². The predicted octanol–water partition coefficient (Wildman–Crippen LogP) is 3.63. The monoisotopic (exact) mass is 467 g/mol. The van der Waals surface area contributed by atoms with Crippen LogP contribution in [0.5, 0.6) is 5.75 Å². The molecule has 33 heavy (non-hydrogen) atoms. The number of phenolic OH excluding ortho intramolecular Hbond substituents is 1. The summed E-state index contributed by atoms with van der Waals surface area (Å²) in [6.45, 7) is 1.68. The lowest BCUT2D eigenvalue weighted by molar-refractivity contribution is 0.407. The van der Waals surface area contributed by atoms with Crippen molar-refractivity contribution in [1.29, 1.82) is 0 Å². The van der Waals surface area contributed by atoms with Crippen LogP contribution in [0.1, 0.15) is 24.0 Å². The van der Waals surface area contributed by atoms with Gasteiger partial charge in [-0.15, -0.1) is 9.53 Å². The maximum absolute atomic E-state index is 13.3. The Kier molecular flexibility index (Phi) is 6.57. The van der Waals surface area contributed by atoms with Gasteiger partial charge in [-0.3, -0.25) is 4.55 Å². The number of benzene rings is 2. The van der Waals surface area contributed by atoms with Crippen LogP contribution in [0.25, 0.3) is 12.2 Å². The van der Waals surface area contributed by atoms with Gasteiger partial charge in [0.2, 0.25) is 5.95 Å². The van der Waals surface area contributed by atoms with Crippen LogP contribution in [0.15, 0.2) is 65.8 Å². The van der Waals surface area contributed by atoms with Crippen molar-refractivity contribution in [2.24, 2.45) is 0 Å². The predicted molar refractivity (Wildman–Crippen MR) is 133 cm³/mol. The van der Waals surface area contributed by atoms with Crippen LogP contribution >= 0.6 is 0 Å². The summed E-state index contributed by atoms with van der Waals surface area (Å²) in [5.41, 5.74) is 2.41. The summed E-state index contributed by atoms with van der Waals surface area (Å²) in [5, 5.41) is 15.9. The molecule has 0 atom stereocenters. The molecule has 1 saturated heterocycles. The first-order valence-electron chi connectivity index (χ1n) is 10.8. The molecule has 0 radical (unpaired) electrons. The topological polar surface area (TPSA) is 119 Å². The fraction of sp³-hybridized carbons (Fsp3) is 0.250. The van der Waals surface area contributed by atoms with Gasteiger partial charge in [-0.05, 0) is 67.9 Å². The molecule has 0 spiro atoms. The Labute approximate surface area is 193 Å². The molecule has 1 fully saturated rings. The number of nitrogens with zero attached hydrogens (tertiary/aromatic N) is 2. The van der Waals surface area contributed by atoms with Crippen molar-refractivity contribution in [3.63, 3.8) is 0 Å². The number of anilines is 2. The van der Waals surface area contributed by atoms with Gasteiger partial charge in [-0.2, -0.15) is 4.21 Å². The number of piperidine rings is 1. The average Bonchev–Trinajstić information content (AvgIpc) is 2.79. The van der Waals surface area contributed by atoms with Gasteiger partial charge in [0.25, 0.3) is 0 Å². The summed E-state index contributed by atoms with van der Waals surface area (Å²) in [6.07, 6.45) is 10.1. The first-order chi connectivity index (χ1) is 15.8. The lowest BCUT2D eigenvalue weighted by atomic mass is 10.1. The minimum atomic E-state index is -4.14. The van der Waals surface area contributed by atoms with Crippen molar-refractivity contribution >= 4 is 33.3 Å². The number of aromatic nitrogens is 2. The third kappa shape index (κ3) is 6.23. The molecular weight excluding hydrogens is 438 g/mol. The molecule has 0 amide bonds. The molecule has 174 valence electrons. The van der Waals surface area contributed by atoms with E-state index in [0.29, 0.717) is 16.5 Å². The molecule has 9 heteroatoms. The van der Waals surface area contributed by atoms with E-state index in [4.69, 9.17) is 0 Å². The summed E-state index contributed by atoms with van der Waals surface area (Å²) in [5.74, 6) is 0.635. The molecule has 4 rings (SSSR count). The molecule has 1 aromatic heterocycles. The van der Waals surface area contributed by atoms with Crippen LogP contribution in [-0.4, -0.2) is 49.2 Å². The van der Waals surface area contributed by atoms with Gasteiger partial charge in [-0.25, -0.2) is 14.7 Å². The Morgan fingerprint density at radius 3 is 2.36 bits per heavy atom. The van der Waals surface area contributed by atoms with E-state index in [2.05, 4.69) is 25.3 Å². The van der Waals surface area contributed by atoms with Crippen LogP contribution in [0.3, 0.4) is 0 Å². The summed E-state index contributed by atoms with van der Waals surface area (Å²) >= 11 is 0. The summed E-state index contributed by atoms with van der Waals surface area (Å²) in [4.78, 5) is 8.99. The first-order valence-corrected chi connectivity index (χ1v) is 13.1. The van der Waals surface area contributed by atoms with Crippen molar-refractivity contribution in [3.8, 4) is 5.75 Å².